The summed E-state index contributed by atoms with van der Waals surface area (Å²) in [4.78, 5) is 0. The first-order valence-corrected chi connectivity index (χ1v) is 6.77. The van der Waals surface area contributed by atoms with Gasteiger partial charge in [0.25, 0.3) is 0 Å². The second-order valence-corrected chi connectivity index (χ2v) is 6.52. The van der Waals surface area contributed by atoms with Crippen molar-refractivity contribution in [1.82, 2.24) is 0 Å². The summed E-state index contributed by atoms with van der Waals surface area (Å²) in [5, 5.41) is 0. The fourth-order valence-corrected chi connectivity index (χ4v) is 3.18. The Morgan fingerprint density at radius 1 is 0.875 bits per heavy atom. The molecule has 1 aliphatic heterocycles. The minimum atomic E-state index is -0.259. The van der Waals surface area contributed by atoms with E-state index in [1.165, 1.54) is 19.3 Å². The Balaban J connectivity index is 2.06. The van der Waals surface area contributed by atoms with E-state index in [0.29, 0.717) is 17.6 Å². The van der Waals surface area contributed by atoms with Crippen LogP contribution < -0.4 is 0 Å². The highest BCUT2D eigenvalue weighted by Crippen LogP contribution is 2.43. The molecule has 2 aliphatic rings. The van der Waals surface area contributed by atoms with Crippen molar-refractivity contribution in [2.24, 2.45) is 5.41 Å². The molecule has 2 nitrogen and oxygen atoms in total. The van der Waals surface area contributed by atoms with Crippen LogP contribution in [0.3, 0.4) is 0 Å². The van der Waals surface area contributed by atoms with Crippen LogP contribution in [0.15, 0.2) is 0 Å². The van der Waals surface area contributed by atoms with E-state index in [4.69, 9.17) is 9.47 Å². The van der Waals surface area contributed by atoms with Crippen LogP contribution in [0.4, 0.5) is 0 Å². The molecule has 2 atom stereocenters. The van der Waals surface area contributed by atoms with Crippen LogP contribution in [0, 0.1) is 5.41 Å². The third kappa shape index (κ3) is 2.78. The van der Waals surface area contributed by atoms with E-state index >= 15 is 0 Å². The number of hydrogen-bond acceptors (Lipinski definition) is 2. The van der Waals surface area contributed by atoms with E-state index in [-0.39, 0.29) is 5.79 Å². The van der Waals surface area contributed by atoms with Gasteiger partial charge in [-0.3, -0.25) is 0 Å². The summed E-state index contributed by atoms with van der Waals surface area (Å²) in [5.74, 6) is -0.259. The summed E-state index contributed by atoms with van der Waals surface area (Å²) in [6.07, 6.45) is 7.61. The van der Waals surface area contributed by atoms with Crippen molar-refractivity contribution in [3.63, 3.8) is 0 Å². The van der Waals surface area contributed by atoms with Crippen molar-refractivity contribution in [1.29, 1.82) is 0 Å². The molecule has 0 aromatic carbocycles. The van der Waals surface area contributed by atoms with Gasteiger partial charge in [-0.15, -0.1) is 0 Å². The van der Waals surface area contributed by atoms with Gasteiger partial charge in [0.1, 0.15) is 0 Å². The Bertz CT molecular complexity index is 237. The molecule has 2 fully saturated rings. The molecule has 2 rings (SSSR count). The molecular formula is C14H26O2. The fourth-order valence-electron chi connectivity index (χ4n) is 3.18. The van der Waals surface area contributed by atoms with Gasteiger partial charge in [-0.25, -0.2) is 0 Å². The van der Waals surface area contributed by atoms with E-state index in [9.17, 15) is 0 Å². The Morgan fingerprint density at radius 3 is 2.12 bits per heavy atom. The molecule has 1 heterocycles. The summed E-state index contributed by atoms with van der Waals surface area (Å²) in [6, 6.07) is 0. The maximum Gasteiger partial charge on any atom is 0.169 e. The maximum atomic E-state index is 6.14. The Hall–Kier alpha value is -0.0800. The molecule has 1 saturated heterocycles. The normalized spacial score (nSPS) is 44.2. The van der Waals surface area contributed by atoms with Gasteiger partial charge in [0.15, 0.2) is 5.79 Å². The molecule has 0 radical (unpaired) electrons. The highest BCUT2D eigenvalue weighted by atomic mass is 16.7. The number of rotatable bonds is 0. The molecule has 0 bridgehead atoms. The van der Waals surface area contributed by atoms with E-state index in [1.807, 2.05) is 0 Å². The van der Waals surface area contributed by atoms with Gasteiger partial charge in [-0.2, -0.15) is 0 Å². The minimum Gasteiger partial charge on any atom is -0.347 e. The van der Waals surface area contributed by atoms with Crippen LogP contribution in [-0.2, 0) is 9.47 Å². The third-order valence-corrected chi connectivity index (χ3v) is 4.09. The van der Waals surface area contributed by atoms with E-state index in [0.717, 1.165) is 19.3 Å². The van der Waals surface area contributed by atoms with E-state index in [2.05, 4.69) is 27.7 Å². The van der Waals surface area contributed by atoms with Crippen molar-refractivity contribution < 1.29 is 9.47 Å². The van der Waals surface area contributed by atoms with Gasteiger partial charge >= 0.3 is 0 Å². The van der Waals surface area contributed by atoms with Crippen molar-refractivity contribution in [2.45, 2.75) is 84.2 Å². The summed E-state index contributed by atoms with van der Waals surface area (Å²) < 4.78 is 12.3. The highest BCUT2D eigenvalue weighted by molar-refractivity contribution is 4.85. The van der Waals surface area contributed by atoms with Crippen LogP contribution in [-0.4, -0.2) is 18.0 Å². The van der Waals surface area contributed by atoms with Crippen LogP contribution in [0.25, 0.3) is 0 Å². The van der Waals surface area contributed by atoms with Crippen molar-refractivity contribution in [3.8, 4) is 0 Å². The van der Waals surface area contributed by atoms with Crippen LogP contribution in [0.5, 0.6) is 0 Å². The maximum absolute atomic E-state index is 6.14. The lowest BCUT2D eigenvalue weighted by Gasteiger charge is -2.43. The first kappa shape index (κ1) is 12.4. The average molecular weight is 226 g/mol. The van der Waals surface area contributed by atoms with Gasteiger partial charge in [0.05, 0.1) is 12.2 Å². The van der Waals surface area contributed by atoms with Gasteiger partial charge in [0, 0.05) is 12.8 Å². The smallest absolute Gasteiger partial charge is 0.169 e. The predicted octanol–water partition coefficient (Wildman–Crippen LogP) is 3.89. The Labute approximate surface area is 99.7 Å². The molecule has 0 aromatic heterocycles. The van der Waals surface area contributed by atoms with Crippen LogP contribution >= 0.6 is 0 Å². The first-order valence-electron chi connectivity index (χ1n) is 6.77. The zero-order valence-corrected chi connectivity index (χ0v) is 11.2. The molecule has 0 aromatic rings. The molecule has 1 aliphatic carbocycles. The van der Waals surface area contributed by atoms with E-state index < -0.39 is 0 Å². The lowest BCUT2D eigenvalue weighted by molar-refractivity contribution is -0.316. The molecular weight excluding hydrogens is 200 g/mol. The fraction of sp³-hybridized carbons (Fsp3) is 1.00. The number of hydrogen-bond donors (Lipinski definition) is 0. The summed E-state index contributed by atoms with van der Waals surface area (Å²) >= 11 is 0. The van der Waals surface area contributed by atoms with Gasteiger partial charge < -0.3 is 9.47 Å². The second kappa shape index (κ2) is 4.30. The SMILES string of the molecule is C[C@@H]1C[C@@H](C)OC2(CCCC(C)(C)CC2)O1. The summed E-state index contributed by atoms with van der Waals surface area (Å²) in [7, 11) is 0. The van der Waals surface area contributed by atoms with Crippen molar-refractivity contribution in [3.05, 3.63) is 0 Å². The summed E-state index contributed by atoms with van der Waals surface area (Å²) in [5.41, 5.74) is 0.458. The van der Waals surface area contributed by atoms with Gasteiger partial charge in [-0.1, -0.05) is 13.8 Å². The first-order chi connectivity index (χ1) is 7.41. The van der Waals surface area contributed by atoms with E-state index in [1.54, 1.807) is 0 Å². The van der Waals surface area contributed by atoms with Crippen LogP contribution in [0.2, 0.25) is 0 Å². The Kier molecular flexibility index (Phi) is 3.33. The quantitative estimate of drug-likeness (QED) is 0.624. The van der Waals surface area contributed by atoms with Crippen molar-refractivity contribution >= 4 is 0 Å². The largest absolute Gasteiger partial charge is 0.347 e. The average Bonchev–Trinajstić information content (AvgIpc) is 2.25. The number of ether oxygens (including phenoxy) is 2. The van der Waals surface area contributed by atoms with Crippen molar-refractivity contribution in [2.75, 3.05) is 0 Å². The van der Waals surface area contributed by atoms with Gasteiger partial charge in [0.2, 0.25) is 0 Å². The molecule has 0 N–H and O–H groups in total. The molecule has 16 heavy (non-hydrogen) atoms. The minimum absolute atomic E-state index is 0.259. The lowest BCUT2D eigenvalue weighted by atomic mass is 9.85. The highest BCUT2D eigenvalue weighted by Gasteiger charge is 2.42. The molecule has 2 heteroatoms. The summed E-state index contributed by atoms with van der Waals surface area (Å²) in [6.45, 7) is 9.08. The molecule has 1 saturated carbocycles. The molecule has 1 spiro atoms. The lowest BCUT2D eigenvalue weighted by Crippen LogP contribution is -2.46. The van der Waals surface area contributed by atoms with Crippen LogP contribution in [0.1, 0.15) is 66.2 Å². The Morgan fingerprint density at radius 2 is 1.50 bits per heavy atom. The van der Waals surface area contributed by atoms with Gasteiger partial charge in [-0.05, 0) is 44.9 Å². The standard InChI is InChI=1S/C14H26O2/c1-11-10-12(2)16-14(15-11)7-5-6-13(3,4)8-9-14/h11-12H,5-10H2,1-4H3/t11-,12-/m1/s1. The molecule has 94 valence electrons. The predicted molar refractivity (Wildman–Crippen MR) is 65.3 cm³/mol. The zero-order chi connectivity index (χ0) is 11.8. The topological polar surface area (TPSA) is 18.5 Å². The monoisotopic (exact) mass is 226 g/mol. The second-order valence-electron chi connectivity index (χ2n) is 6.52. The molecule has 0 amide bonds. The third-order valence-electron chi connectivity index (χ3n) is 4.09. The molecule has 0 unspecified atom stereocenters. The zero-order valence-electron chi connectivity index (χ0n) is 11.2.